The Morgan fingerprint density at radius 3 is 1.94 bits per heavy atom. The van der Waals surface area contributed by atoms with Crippen LogP contribution in [0.5, 0.6) is 0 Å². The van der Waals surface area contributed by atoms with Crippen LogP contribution in [0.2, 0.25) is 0 Å². The molecule has 5 heteroatoms. The lowest BCUT2D eigenvalue weighted by molar-refractivity contribution is -0.147. The average molecular weight is 234 g/mol. The molecule has 0 saturated carbocycles. The maximum atomic E-state index is 10.6. The second kappa shape index (κ2) is 13.9. The minimum atomic E-state index is -0.974. The summed E-state index contributed by atoms with van der Waals surface area (Å²) >= 11 is 0. The van der Waals surface area contributed by atoms with E-state index in [9.17, 15) is 9.59 Å². The molecule has 0 heterocycles. The highest BCUT2D eigenvalue weighted by molar-refractivity contribution is 5.76. The summed E-state index contributed by atoms with van der Waals surface area (Å²) in [5, 5.41) is 8.18. The van der Waals surface area contributed by atoms with Gasteiger partial charge in [-0.25, -0.2) is 0 Å². The van der Waals surface area contributed by atoms with Gasteiger partial charge in [0.1, 0.15) is 0 Å². The minimum absolute atomic E-state index is 0.0324. The third kappa shape index (κ3) is 18.6. The van der Waals surface area contributed by atoms with Crippen molar-refractivity contribution in [2.45, 2.75) is 40.0 Å². The average Bonchev–Trinajstić information content (AvgIpc) is 2.25. The molecule has 0 fully saturated rings. The van der Waals surface area contributed by atoms with Crippen molar-refractivity contribution in [2.75, 3.05) is 19.8 Å². The van der Waals surface area contributed by atoms with Crippen molar-refractivity contribution < 1.29 is 24.2 Å². The quantitative estimate of drug-likeness (QED) is 0.680. The summed E-state index contributed by atoms with van der Waals surface area (Å²) in [6.45, 7) is 7.92. The van der Waals surface area contributed by atoms with Gasteiger partial charge in [-0.3, -0.25) is 9.59 Å². The lowest BCUT2D eigenvalue weighted by Gasteiger charge is -1.99. The van der Waals surface area contributed by atoms with Crippen molar-refractivity contribution in [2.24, 2.45) is 0 Å². The van der Waals surface area contributed by atoms with Crippen LogP contribution in [0, 0.1) is 0 Å². The number of carboxylic acids is 1. The Balaban J connectivity index is 0. The maximum Gasteiger partial charge on any atom is 0.306 e. The van der Waals surface area contributed by atoms with Crippen LogP contribution in [0.15, 0.2) is 0 Å². The highest BCUT2D eigenvalue weighted by atomic mass is 16.5. The fourth-order valence-corrected chi connectivity index (χ4v) is 0.701. The second-order valence-corrected chi connectivity index (χ2v) is 2.90. The lowest BCUT2D eigenvalue weighted by atomic mass is 10.3. The summed E-state index contributed by atoms with van der Waals surface area (Å²) in [5.41, 5.74) is 0. The maximum absolute atomic E-state index is 10.6. The van der Waals surface area contributed by atoms with Crippen LogP contribution >= 0.6 is 0 Å². The van der Waals surface area contributed by atoms with Crippen LogP contribution in [0.25, 0.3) is 0 Å². The number of ether oxygens (including phenoxy) is 2. The van der Waals surface area contributed by atoms with Gasteiger partial charge in [0.2, 0.25) is 0 Å². The molecule has 0 unspecified atom stereocenters. The highest BCUT2D eigenvalue weighted by Crippen LogP contribution is 1.93. The van der Waals surface area contributed by atoms with E-state index in [2.05, 4.69) is 4.74 Å². The Bertz CT molecular complexity index is 177. The van der Waals surface area contributed by atoms with Crippen molar-refractivity contribution in [1.29, 1.82) is 0 Å². The van der Waals surface area contributed by atoms with Crippen LogP contribution in [-0.2, 0) is 19.1 Å². The van der Waals surface area contributed by atoms with E-state index in [1.807, 2.05) is 20.8 Å². The van der Waals surface area contributed by atoms with E-state index in [0.29, 0.717) is 6.61 Å². The van der Waals surface area contributed by atoms with Gasteiger partial charge in [-0.1, -0.05) is 6.92 Å². The summed E-state index contributed by atoms with van der Waals surface area (Å²) in [7, 11) is 0. The Morgan fingerprint density at radius 1 is 1.06 bits per heavy atom. The van der Waals surface area contributed by atoms with Gasteiger partial charge in [0.15, 0.2) is 0 Å². The van der Waals surface area contributed by atoms with Gasteiger partial charge in [-0.2, -0.15) is 0 Å². The zero-order valence-corrected chi connectivity index (χ0v) is 10.3. The van der Waals surface area contributed by atoms with E-state index < -0.39 is 11.9 Å². The largest absolute Gasteiger partial charge is 0.481 e. The zero-order chi connectivity index (χ0) is 12.8. The van der Waals surface area contributed by atoms with Crippen LogP contribution in [0.4, 0.5) is 0 Å². The summed E-state index contributed by atoms with van der Waals surface area (Å²) < 4.78 is 9.47. The molecule has 1 N–H and O–H groups in total. The Morgan fingerprint density at radius 2 is 1.62 bits per heavy atom. The summed E-state index contributed by atoms with van der Waals surface area (Å²) in [6, 6.07) is 0. The van der Waals surface area contributed by atoms with Gasteiger partial charge in [0.05, 0.1) is 19.4 Å². The van der Waals surface area contributed by atoms with Gasteiger partial charge >= 0.3 is 11.9 Å². The van der Waals surface area contributed by atoms with Crippen molar-refractivity contribution >= 4 is 11.9 Å². The molecular formula is C11H22O5. The first-order valence-electron chi connectivity index (χ1n) is 5.53. The molecule has 0 radical (unpaired) electrons. The number of carbonyl (C=O) groups is 2. The topological polar surface area (TPSA) is 72.8 Å². The molecule has 0 spiro atoms. The van der Waals surface area contributed by atoms with E-state index in [1.54, 1.807) is 0 Å². The van der Waals surface area contributed by atoms with Crippen molar-refractivity contribution in [1.82, 2.24) is 0 Å². The summed E-state index contributed by atoms with van der Waals surface area (Å²) in [6.07, 6.45) is 0.580. The Hall–Kier alpha value is -1.10. The molecular weight excluding hydrogens is 212 g/mol. The molecule has 5 nitrogen and oxygen atoms in total. The predicted molar refractivity (Wildman–Crippen MR) is 60.3 cm³/mol. The molecule has 0 bridgehead atoms. The fourth-order valence-electron chi connectivity index (χ4n) is 0.701. The number of hydrogen-bond donors (Lipinski definition) is 1. The Kier molecular flexibility index (Phi) is 15.0. The van der Waals surface area contributed by atoms with E-state index in [1.165, 1.54) is 0 Å². The molecule has 0 aromatic rings. The normalized spacial score (nSPS) is 8.94. The van der Waals surface area contributed by atoms with Gasteiger partial charge in [0.25, 0.3) is 0 Å². The zero-order valence-electron chi connectivity index (χ0n) is 10.3. The molecule has 0 aromatic carbocycles. The first kappa shape index (κ1) is 17.3. The van der Waals surface area contributed by atoms with Gasteiger partial charge in [-0.15, -0.1) is 0 Å². The SMILES string of the molecule is CCCOC(=O)CCC(=O)O.CCOCC. The molecule has 0 amide bonds. The first-order valence-corrected chi connectivity index (χ1v) is 5.53. The smallest absolute Gasteiger partial charge is 0.306 e. The number of rotatable bonds is 7. The Labute approximate surface area is 96.7 Å². The van der Waals surface area contributed by atoms with E-state index in [0.717, 1.165) is 19.6 Å². The first-order chi connectivity index (χ1) is 7.58. The van der Waals surface area contributed by atoms with Crippen LogP contribution in [0.3, 0.4) is 0 Å². The number of hydrogen-bond acceptors (Lipinski definition) is 4. The van der Waals surface area contributed by atoms with Crippen molar-refractivity contribution in [3.05, 3.63) is 0 Å². The number of aliphatic carboxylic acids is 1. The van der Waals surface area contributed by atoms with Crippen LogP contribution in [-0.4, -0.2) is 36.9 Å². The fraction of sp³-hybridized carbons (Fsp3) is 0.818. The molecule has 0 atom stereocenters. The minimum Gasteiger partial charge on any atom is -0.481 e. The molecule has 96 valence electrons. The lowest BCUT2D eigenvalue weighted by Crippen LogP contribution is -2.07. The van der Waals surface area contributed by atoms with Gasteiger partial charge in [-0.05, 0) is 20.3 Å². The molecule has 0 aliphatic heterocycles. The number of carboxylic acid groups (broad SMARTS) is 1. The van der Waals surface area contributed by atoms with E-state index >= 15 is 0 Å². The number of carbonyl (C=O) groups excluding carboxylic acids is 1. The monoisotopic (exact) mass is 234 g/mol. The summed E-state index contributed by atoms with van der Waals surface area (Å²) in [5.74, 6) is -1.41. The second-order valence-electron chi connectivity index (χ2n) is 2.90. The van der Waals surface area contributed by atoms with Gasteiger partial charge < -0.3 is 14.6 Å². The molecule has 16 heavy (non-hydrogen) atoms. The molecule has 0 aliphatic rings. The van der Waals surface area contributed by atoms with Crippen LogP contribution in [0.1, 0.15) is 40.0 Å². The highest BCUT2D eigenvalue weighted by Gasteiger charge is 2.04. The third-order valence-corrected chi connectivity index (χ3v) is 1.42. The molecule has 0 saturated heterocycles. The molecule has 0 aromatic heterocycles. The predicted octanol–water partition coefficient (Wildman–Crippen LogP) is 1.85. The van der Waals surface area contributed by atoms with Crippen molar-refractivity contribution in [3.8, 4) is 0 Å². The molecule has 0 aliphatic carbocycles. The van der Waals surface area contributed by atoms with E-state index in [4.69, 9.17) is 9.84 Å². The van der Waals surface area contributed by atoms with Crippen molar-refractivity contribution in [3.63, 3.8) is 0 Å². The van der Waals surface area contributed by atoms with E-state index in [-0.39, 0.29) is 12.8 Å². The third-order valence-electron chi connectivity index (χ3n) is 1.42. The van der Waals surface area contributed by atoms with Gasteiger partial charge in [0, 0.05) is 13.2 Å². The summed E-state index contributed by atoms with van der Waals surface area (Å²) in [4.78, 5) is 20.6. The number of esters is 1. The molecule has 0 rings (SSSR count). The van der Waals surface area contributed by atoms with Crippen LogP contribution < -0.4 is 0 Å². The standard InChI is InChI=1S/C7H12O4.C4H10O/c1-2-5-11-7(10)4-3-6(8)9;1-3-5-4-2/h2-5H2,1H3,(H,8,9);3-4H2,1-2H3.